The van der Waals surface area contributed by atoms with Crippen LogP contribution < -0.4 is 10.6 Å². The lowest BCUT2D eigenvalue weighted by Gasteiger charge is -2.11. The van der Waals surface area contributed by atoms with E-state index in [0.29, 0.717) is 11.3 Å². The van der Waals surface area contributed by atoms with Gasteiger partial charge >= 0.3 is 0 Å². The van der Waals surface area contributed by atoms with Gasteiger partial charge in [-0.2, -0.15) is 0 Å². The van der Waals surface area contributed by atoms with Gasteiger partial charge < -0.3 is 10.6 Å². The normalized spacial score (nSPS) is 10.1. The predicted molar refractivity (Wildman–Crippen MR) is 75.1 cm³/mol. The number of hydrogen-bond acceptors (Lipinski definition) is 2. The largest absolute Gasteiger partial charge is 0.387 e. The zero-order chi connectivity index (χ0) is 13.8. The summed E-state index contributed by atoms with van der Waals surface area (Å²) in [6.07, 6.45) is 0. The molecule has 0 spiro atoms. The highest BCUT2D eigenvalue weighted by Crippen LogP contribution is 2.20. The first-order valence-electron chi connectivity index (χ1n) is 5.96. The van der Waals surface area contributed by atoms with Crippen LogP contribution in [0.15, 0.2) is 42.5 Å². The van der Waals surface area contributed by atoms with Crippen molar-refractivity contribution in [3.05, 3.63) is 59.4 Å². The topological polar surface area (TPSA) is 41.1 Å². The van der Waals surface area contributed by atoms with Crippen LogP contribution in [0.25, 0.3) is 0 Å². The summed E-state index contributed by atoms with van der Waals surface area (Å²) in [7, 11) is 1.74. The van der Waals surface area contributed by atoms with E-state index in [1.165, 1.54) is 12.1 Å². The van der Waals surface area contributed by atoms with Gasteiger partial charge in [0.15, 0.2) is 0 Å². The lowest BCUT2D eigenvalue weighted by Crippen LogP contribution is -2.15. The lowest BCUT2D eigenvalue weighted by molar-refractivity contribution is 0.102. The summed E-state index contributed by atoms with van der Waals surface area (Å²) >= 11 is 0. The van der Waals surface area contributed by atoms with Crippen molar-refractivity contribution in [3.8, 4) is 0 Å². The molecular weight excluding hydrogens is 243 g/mol. The SMILES string of the molecule is CNc1ccc(C)cc1C(=O)Nc1ccccc1F. The molecule has 2 N–H and O–H groups in total. The first-order chi connectivity index (χ1) is 9.11. The first-order valence-corrected chi connectivity index (χ1v) is 5.96. The number of anilines is 2. The third kappa shape index (κ3) is 2.91. The van der Waals surface area contributed by atoms with Gasteiger partial charge in [-0.3, -0.25) is 4.79 Å². The second-order valence-electron chi connectivity index (χ2n) is 4.23. The summed E-state index contributed by atoms with van der Waals surface area (Å²) in [5, 5.41) is 5.52. The van der Waals surface area contributed by atoms with E-state index in [-0.39, 0.29) is 11.6 Å². The van der Waals surface area contributed by atoms with Crippen molar-refractivity contribution in [2.45, 2.75) is 6.92 Å². The van der Waals surface area contributed by atoms with Gasteiger partial charge in [0, 0.05) is 12.7 Å². The Hall–Kier alpha value is -2.36. The molecule has 1 amide bonds. The average Bonchev–Trinajstić information content (AvgIpc) is 2.41. The molecule has 0 saturated heterocycles. The minimum atomic E-state index is -0.450. The van der Waals surface area contributed by atoms with Crippen molar-refractivity contribution < 1.29 is 9.18 Å². The number of halogens is 1. The Morgan fingerprint density at radius 1 is 1.11 bits per heavy atom. The zero-order valence-corrected chi connectivity index (χ0v) is 10.8. The second kappa shape index (κ2) is 5.52. The van der Waals surface area contributed by atoms with E-state index in [2.05, 4.69) is 10.6 Å². The molecule has 0 unspecified atom stereocenters. The van der Waals surface area contributed by atoms with Crippen molar-refractivity contribution in [1.29, 1.82) is 0 Å². The molecule has 2 aromatic rings. The van der Waals surface area contributed by atoms with E-state index in [1.807, 2.05) is 19.1 Å². The zero-order valence-electron chi connectivity index (χ0n) is 10.8. The molecule has 0 aliphatic heterocycles. The van der Waals surface area contributed by atoms with E-state index in [1.54, 1.807) is 25.2 Å². The van der Waals surface area contributed by atoms with Crippen LogP contribution in [0.4, 0.5) is 15.8 Å². The monoisotopic (exact) mass is 258 g/mol. The molecule has 0 aromatic heterocycles. The van der Waals surface area contributed by atoms with Gasteiger partial charge in [-0.15, -0.1) is 0 Å². The van der Waals surface area contributed by atoms with Crippen LogP contribution in [0.5, 0.6) is 0 Å². The molecule has 19 heavy (non-hydrogen) atoms. The summed E-state index contributed by atoms with van der Waals surface area (Å²) in [5.74, 6) is -0.785. The Morgan fingerprint density at radius 3 is 2.53 bits per heavy atom. The summed E-state index contributed by atoms with van der Waals surface area (Å²) in [6, 6.07) is 11.6. The molecule has 0 aliphatic rings. The standard InChI is InChI=1S/C15H15FN2O/c1-10-7-8-13(17-2)11(9-10)15(19)18-14-6-4-3-5-12(14)16/h3-9,17H,1-2H3,(H,18,19). The van der Waals surface area contributed by atoms with Crippen molar-refractivity contribution >= 4 is 17.3 Å². The molecule has 3 nitrogen and oxygen atoms in total. The van der Waals surface area contributed by atoms with Crippen molar-refractivity contribution in [3.63, 3.8) is 0 Å². The van der Waals surface area contributed by atoms with Crippen LogP contribution in [0, 0.1) is 12.7 Å². The third-order valence-corrected chi connectivity index (χ3v) is 2.81. The number of para-hydroxylation sites is 1. The quantitative estimate of drug-likeness (QED) is 0.885. The molecule has 0 fully saturated rings. The maximum absolute atomic E-state index is 13.5. The minimum absolute atomic E-state index is 0.177. The third-order valence-electron chi connectivity index (χ3n) is 2.81. The van der Waals surface area contributed by atoms with Gasteiger partial charge in [-0.1, -0.05) is 23.8 Å². The van der Waals surface area contributed by atoms with E-state index in [9.17, 15) is 9.18 Å². The van der Waals surface area contributed by atoms with E-state index >= 15 is 0 Å². The molecule has 2 rings (SSSR count). The maximum Gasteiger partial charge on any atom is 0.257 e. The van der Waals surface area contributed by atoms with Gasteiger partial charge in [-0.05, 0) is 31.2 Å². The molecule has 0 radical (unpaired) electrons. The number of rotatable bonds is 3. The van der Waals surface area contributed by atoms with Crippen LogP contribution in [0.1, 0.15) is 15.9 Å². The fraction of sp³-hybridized carbons (Fsp3) is 0.133. The van der Waals surface area contributed by atoms with Gasteiger partial charge in [0.1, 0.15) is 5.82 Å². The minimum Gasteiger partial charge on any atom is -0.387 e. The Kier molecular flexibility index (Phi) is 3.80. The van der Waals surface area contributed by atoms with E-state index in [4.69, 9.17) is 0 Å². The second-order valence-corrected chi connectivity index (χ2v) is 4.23. The smallest absolute Gasteiger partial charge is 0.257 e. The fourth-order valence-electron chi connectivity index (χ4n) is 1.82. The number of benzene rings is 2. The maximum atomic E-state index is 13.5. The Balaban J connectivity index is 2.30. The summed E-state index contributed by atoms with van der Waals surface area (Å²) in [6.45, 7) is 1.90. The lowest BCUT2D eigenvalue weighted by atomic mass is 10.1. The Labute approximate surface area is 111 Å². The van der Waals surface area contributed by atoms with Crippen molar-refractivity contribution in [2.24, 2.45) is 0 Å². The van der Waals surface area contributed by atoms with E-state index in [0.717, 1.165) is 5.56 Å². The number of hydrogen-bond donors (Lipinski definition) is 2. The Morgan fingerprint density at radius 2 is 1.84 bits per heavy atom. The fourth-order valence-corrected chi connectivity index (χ4v) is 1.82. The number of carbonyl (C=O) groups excluding carboxylic acids is 1. The van der Waals surface area contributed by atoms with Crippen LogP contribution in [0.2, 0.25) is 0 Å². The molecule has 0 aliphatic carbocycles. The van der Waals surface area contributed by atoms with Gasteiger partial charge in [0.2, 0.25) is 0 Å². The highest BCUT2D eigenvalue weighted by Gasteiger charge is 2.12. The highest BCUT2D eigenvalue weighted by molar-refractivity contribution is 6.08. The number of amides is 1. The van der Waals surface area contributed by atoms with Crippen LogP contribution >= 0.6 is 0 Å². The van der Waals surface area contributed by atoms with Gasteiger partial charge in [0.05, 0.1) is 11.3 Å². The summed E-state index contributed by atoms with van der Waals surface area (Å²) in [5.41, 5.74) is 2.35. The summed E-state index contributed by atoms with van der Waals surface area (Å²) in [4.78, 5) is 12.2. The van der Waals surface area contributed by atoms with Crippen molar-refractivity contribution in [1.82, 2.24) is 0 Å². The average molecular weight is 258 g/mol. The van der Waals surface area contributed by atoms with Crippen LogP contribution in [-0.4, -0.2) is 13.0 Å². The molecule has 0 bridgehead atoms. The first kappa shape index (κ1) is 13.1. The molecule has 0 heterocycles. The highest BCUT2D eigenvalue weighted by atomic mass is 19.1. The molecule has 98 valence electrons. The molecular formula is C15H15FN2O. The predicted octanol–water partition coefficient (Wildman–Crippen LogP) is 3.43. The Bertz CT molecular complexity index is 611. The molecule has 4 heteroatoms. The van der Waals surface area contributed by atoms with Gasteiger partial charge in [-0.25, -0.2) is 4.39 Å². The van der Waals surface area contributed by atoms with Gasteiger partial charge in [0.25, 0.3) is 5.91 Å². The van der Waals surface area contributed by atoms with E-state index < -0.39 is 5.82 Å². The van der Waals surface area contributed by atoms with Crippen LogP contribution in [0.3, 0.4) is 0 Å². The summed E-state index contributed by atoms with van der Waals surface area (Å²) < 4.78 is 13.5. The molecule has 0 atom stereocenters. The number of nitrogens with one attached hydrogen (secondary N) is 2. The van der Waals surface area contributed by atoms with Crippen LogP contribution in [-0.2, 0) is 0 Å². The molecule has 2 aromatic carbocycles. The molecule has 0 saturated carbocycles. The number of aryl methyl sites for hydroxylation is 1. The van der Waals surface area contributed by atoms with Crippen molar-refractivity contribution in [2.75, 3.05) is 17.7 Å². The number of carbonyl (C=O) groups is 1.